The van der Waals surface area contributed by atoms with Gasteiger partial charge in [-0.1, -0.05) is 48.5 Å². The number of para-hydroxylation sites is 1. The molecule has 7 heteroatoms. The molecule has 0 saturated carbocycles. The summed E-state index contributed by atoms with van der Waals surface area (Å²) >= 11 is 0. The number of methoxy groups -OCH3 is 1. The SMILES string of the molecule is COc1ccc(N2C(=O)NC(=O)[C@]3(Cc4ccccc4N4CC[C@H](c5ccccc5)C[C@@H]43)C2=O)cc1. The highest BCUT2D eigenvalue weighted by atomic mass is 16.5. The Morgan fingerprint density at radius 2 is 1.64 bits per heavy atom. The van der Waals surface area contributed by atoms with Crippen molar-refractivity contribution in [1.29, 1.82) is 0 Å². The molecule has 0 bridgehead atoms. The molecule has 36 heavy (non-hydrogen) atoms. The first-order valence-electron chi connectivity index (χ1n) is 12.3. The number of nitrogens with zero attached hydrogens (tertiary/aromatic N) is 2. The van der Waals surface area contributed by atoms with E-state index in [0.29, 0.717) is 17.9 Å². The van der Waals surface area contributed by atoms with Crippen LogP contribution in [0.15, 0.2) is 78.9 Å². The molecule has 7 nitrogen and oxygen atoms in total. The summed E-state index contributed by atoms with van der Waals surface area (Å²) in [5.74, 6) is -0.160. The maximum atomic E-state index is 14.4. The molecule has 3 aliphatic rings. The van der Waals surface area contributed by atoms with Crippen LogP contribution in [0.25, 0.3) is 0 Å². The lowest BCUT2D eigenvalue weighted by molar-refractivity contribution is -0.145. The number of rotatable bonds is 3. The lowest BCUT2D eigenvalue weighted by Crippen LogP contribution is -2.73. The molecule has 3 aliphatic heterocycles. The van der Waals surface area contributed by atoms with E-state index in [4.69, 9.17) is 4.74 Å². The molecule has 1 N–H and O–H groups in total. The van der Waals surface area contributed by atoms with Crippen molar-refractivity contribution in [3.05, 3.63) is 90.0 Å². The van der Waals surface area contributed by atoms with Crippen molar-refractivity contribution >= 4 is 29.2 Å². The number of carbonyl (C=O) groups is 3. The van der Waals surface area contributed by atoms with Crippen molar-refractivity contribution in [3.63, 3.8) is 0 Å². The van der Waals surface area contributed by atoms with Crippen LogP contribution in [0.4, 0.5) is 16.2 Å². The first kappa shape index (κ1) is 22.3. The smallest absolute Gasteiger partial charge is 0.335 e. The quantitative estimate of drug-likeness (QED) is 0.565. The molecule has 0 aliphatic carbocycles. The third kappa shape index (κ3) is 3.30. The number of fused-ring (bicyclic) bond motifs is 4. The summed E-state index contributed by atoms with van der Waals surface area (Å²) in [6.07, 6.45) is 1.81. The topological polar surface area (TPSA) is 79.0 Å². The summed E-state index contributed by atoms with van der Waals surface area (Å²) in [5, 5.41) is 2.54. The number of hydrogen-bond donors (Lipinski definition) is 1. The van der Waals surface area contributed by atoms with E-state index in [1.165, 1.54) is 5.56 Å². The first-order valence-corrected chi connectivity index (χ1v) is 12.3. The Labute approximate surface area is 209 Å². The van der Waals surface area contributed by atoms with Gasteiger partial charge in [0.2, 0.25) is 5.91 Å². The standard InChI is InChI=1S/C29H27N3O4/c1-36-23-13-11-22(12-14-23)32-27(34)29(26(33)30-28(32)35)18-21-9-5-6-10-24(21)31-16-15-20(17-25(29)31)19-7-3-2-4-8-19/h2-14,20,25H,15-18H2,1H3,(H,30,33,35)/t20-,25+,29+/m0/s1. The van der Waals surface area contributed by atoms with Gasteiger partial charge in [0.1, 0.15) is 5.75 Å². The second kappa shape index (κ2) is 8.52. The second-order valence-electron chi connectivity index (χ2n) is 9.72. The maximum absolute atomic E-state index is 14.4. The molecule has 0 radical (unpaired) electrons. The molecular weight excluding hydrogens is 454 g/mol. The summed E-state index contributed by atoms with van der Waals surface area (Å²) in [6, 6.07) is 23.9. The van der Waals surface area contributed by atoms with Crippen molar-refractivity contribution in [2.45, 2.75) is 31.2 Å². The highest BCUT2D eigenvalue weighted by molar-refractivity contribution is 6.30. The van der Waals surface area contributed by atoms with E-state index in [9.17, 15) is 14.4 Å². The Balaban J connectivity index is 1.47. The van der Waals surface area contributed by atoms with Gasteiger partial charge < -0.3 is 9.64 Å². The fourth-order valence-electron chi connectivity index (χ4n) is 6.18. The van der Waals surface area contributed by atoms with E-state index < -0.39 is 23.3 Å². The van der Waals surface area contributed by atoms with Gasteiger partial charge in [0.15, 0.2) is 5.41 Å². The molecule has 1 spiro atoms. The molecule has 3 atom stereocenters. The van der Waals surface area contributed by atoms with E-state index in [1.807, 2.05) is 36.4 Å². The second-order valence-corrected chi connectivity index (χ2v) is 9.72. The number of carbonyl (C=O) groups excluding carboxylic acids is 3. The molecular formula is C29H27N3O4. The number of ether oxygens (including phenoxy) is 1. The molecule has 0 aromatic heterocycles. The van der Waals surface area contributed by atoms with Crippen LogP contribution in [0, 0.1) is 5.41 Å². The highest BCUT2D eigenvalue weighted by Gasteiger charge is 2.63. The Hall–Kier alpha value is -4.13. The third-order valence-corrected chi connectivity index (χ3v) is 7.96. The predicted molar refractivity (Wildman–Crippen MR) is 136 cm³/mol. The number of amides is 4. The fourth-order valence-corrected chi connectivity index (χ4v) is 6.18. The van der Waals surface area contributed by atoms with Gasteiger partial charge in [-0.15, -0.1) is 0 Å². The van der Waals surface area contributed by atoms with Crippen molar-refractivity contribution < 1.29 is 19.1 Å². The zero-order chi connectivity index (χ0) is 24.9. The largest absolute Gasteiger partial charge is 0.497 e. The van der Waals surface area contributed by atoms with Crippen molar-refractivity contribution in [2.75, 3.05) is 23.5 Å². The molecule has 182 valence electrons. The van der Waals surface area contributed by atoms with Crippen LogP contribution in [-0.4, -0.2) is 37.5 Å². The zero-order valence-electron chi connectivity index (χ0n) is 20.0. The van der Waals surface area contributed by atoms with Crippen molar-refractivity contribution in [3.8, 4) is 5.75 Å². The predicted octanol–water partition coefficient (Wildman–Crippen LogP) is 4.27. The summed E-state index contributed by atoms with van der Waals surface area (Å²) in [4.78, 5) is 44.5. The zero-order valence-corrected chi connectivity index (χ0v) is 20.0. The summed E-state index contributed by atoms with van der Waals surface area (Å²) in [6.45, 7) is 0.722. The number of barbiturate groups is 1. The monoisotopic (exact) mass is 481 g/mol. The average molecular weight is 482 g/mol. The van der Waals surface area contributed by atoms with Gasteiger partial charge in [-0.2, -0.15) is 0 Å². The molecule has 3 aromatic rings. The Morgan fingerprint density at radius 1 is 0.917 bits per heavy atom. The molecule has 6 rings (SSSR count). The Kier molecular flexibility index (Phi) is 5.29. The van der Waals surface area contributed by atoms with Crippen molar-refractivity contribution in [1.82, 2.24) is 5.32 Å². The van der Waals surface area contributed by atoms with Gasteiger partial charge in [-0.05, 0) is 66.6 Å². The molecule has 0 unspecified atom stereocenters. The van der Waals surface area contributed by atoms with Crippen LogP contribution in [0.1, 0.15) is 29.9 Å². The lowest BCUT2D eigenvalue weighted by atomic mass is 9.64. The van der Waals surface area contributed by atoms with Crippen LogP contribution in [0.3, 0.4) is 0 Å². The third-order valence-electron chi connectivity index (χ3n) is 7.96. The van der Waals surface area contributed by atoms with Crippen LogP contribution >= 0.6 is 0 Å². The van der Waals surface area contributed by atoms with Crippen molar-refractivity contribution in [2.24, 2.45) is 5.41 Å². The van der Waals surface area contributed by atoms with Gasteiger partial charge in [0.25, 0.3) is 5.91 Å². The van der Waals surface area contributed by atoms with Crippen LogP contribution in [0.5, 0.6) is 5.75 Å². The summed E-state index contributed by atoms with van der Waals surface area (Å²) in [5.41, 5.74) is 2.20. The summed E-state index contributed by atoms with van der Waals surface area (Å²) in [7, 11) is 1.56. The minimum absolute atomic E-state index is 0.210. The van der Waals surface area contributed by atoms with E-state index in [1.54, 1.807) is 31.4 Å². The van der Waals surface area contributed by atoms with Gasteiger partial charge in [-0.25, -0.2) is 9.69 Å². The van der Waals surface area contributed by atoms with E-state index in [2.05, 4.69) is 28.4 Å². The molecule has 2 saturated heterocycles. The molecule has 3 heterocycles. The number of nitrogens with one attached hydrogen (secondary N) is 1. The number of piperidine rings is 1. The number of urea groups is 1. The number of benzene rings is 3. The first-order chi connectivity index (χ1) is 17.5. The van der Waals surface area contributed by atoms with Gasteiger partial charge in [0, 0.05) is 12.2 Å². The van der Waals surface area contributed by atoms with Crippen LogP contribution in [-0.2, 0) is 16.0 Å². The van der Waals surface area contributed by atoms with Crippen LogP contribution < -0.4 is 19.9 Å². The molecule has 2 fully saturated rings. The molecule has 3 aromatic carbocycles. The Bertz CT molecular complexity index is 1340. The minimum atomic E-state index is -1.42. The average Bonchev–Trinajstić information content (AvgIpc) is 2.92. The van der Waals surface area contributed by atoms with E-state index >= 15 is 0 Å². The van der Waals surface area contributed by atoms with Gasteiger partial charge in [-0.3, -0.25) is 14.9 Å². The van der Waals surface area contributed by atoms with E-state index in [-0.39, 0.29) is 18.4 Å². The fraction of sp³-hybridized carbons (Fsp3) is 0.276. The summed E-state index contributed by atoms with van der Waals surface area (Å²) < 4.78 is 5.24. The Morgan fingerprint density at radius 3 is 2.39 bits per heavy atom. The van der Waals surface area contributed by atoms with Crippen LogP contribution in [0.2, 0.25) is 0 Å². The number of hydrogen-bond acceptors (Lipinski definition) is 5. The van der Waals surface area contributed by atoms with Gasteiger partial charge >= 0.3 is 6.03 Å². The van der Waals surface area contributed by atoms with E-state index in [0.717, 1.165) is 29.1 Å². The number of anilines is 2. The minimum Gasteiger partial charge on any atom is -0.497 e. The highest BCUT2D eigenvalue weighted by Crippen LogP contribution is 2.50. The van der Waals surface area contributed by atoms with Gasteiger partial charge in [0.05, 0.1) is 18.8 Å². The number of imide groups is 2. The lowest BCUT2D eigenvalue weighted by Gasteiger charge is -2.55. The molecule has 4 amide bonds. The maximum Gasteiger partial charge on any atom is 0.335 e. The normalized spacial score (nSPS) is 25.3.